The van der Waals surface area contributed by atoms with Gasteiger partial charge in [-0.2, -0.15) is 0 Å². The Balaban J connectivity index is 0. The molecule has 0 heterocycles. The summed E-state index contributed by atoms with van der Waals surface area (Å²) in [5.41, 5.74) is 0.481. The Labute approximate surface area is 89.2 Å². The number of esters is 1. The highest BCUT2D eigenvalue weighted by molar-refractivity contribution is 7.38. The van der Waals surface area contributed by atoms with Crippen LogP contribution in [-0.2, 0) is 9.53 Å². The van der Waals surface area contributed by atoms with E-state index in [1.165, 1.54) is 0 Å². The fraction of sp³-hybridized carbons (Fsp3) is 0.545. The van der Waals surface area contributed by atoms with Crippen LogP contribution in [0, 0.1) is 0 Å². The number of rotatable bonds is 5. The van der Waals surface area contributed by atoms with Crippen molar-refractivity contribution in [2.45, 2.75) is 33.0 Å². The third-order valence-electron chi connectivity index (χ3n) is 1.40. The van der Waals surface area contributed by atoms with E-state index >= 15 is 0 Å². The second-order valence-corrected chi connectivity index (χ2v) is 4.40. The first kappa shape index (κ1) is 15.8. The topological polar surface area (TPSA) is 26.3 Å². The predicted molar refractivity (Wildman–Crippen MR) is 65.1 cm³/mol. The molecule has 0 N–H and O–H groups in total. The molecule has 14 heavy (non-hydrogen) atoms. The molecule has 2 nitrogen and oxygen atoms in total. The summed E-state index contributed by atoms with van der Waals surface area (Å²) >= 11 is 0. The van der Waals surface area contributed by atoms with E-state index < -0.39 is 0 Å². The molecule has 0 aromatic rings. The fourth-order valence-corrected chi connectivity index (χ4v) is 1.66. The fourth-order valence-electron chi connectivity index (χ4n) is 0.727. The van der Waals surface area contributed by atoms with Crippen molar-refractivity contribution in [1.29, 1.82) is 0 Å². The lowest BCUT2D eigenvalue weighted by Gasteiger charge is -2.14. The highest BCUT2D eigenvalue weighted by Crippen LogP contribution is 2.22. The van der Waals surface area contributed by atoms with Crippen LogP contribution in [0.4, 0.5) is 0 Å². The molecule has 0 aromatic heterocycles. The first-order chi connectivity index (χ1) is 6.61. The van der Waals surface area contributed by atoms with Gasteiger partial charge in [-0.05, 0) is 19.5 Å². The number of hydrogen-bond acceptors (Lipinski definition) is 2. The van der Waals surface area contributed by atoms with Crippen LogP contribution in [0.25, 0.3) is 0 Å². The van der Waals surface area contributed by atoms with Gasteiger partial charge in [0.1, 0.15) is 5.85 Å². The molecule has 0 fully saturated rings. The van der Waals surface area contributed by atoms with Crippen molar-refractivity contribution in [3.8, 4) is 0 Å². The van der Waals surface area contributed by atoms with Gasteiger partial charge >= 0.3 is 5.97 Å². The number of carbonyl (C=O) groups excluding carboxylic acids is 1. The van der Waals surface area contributed by atoms with E-state index in [1.54, 1.807) is 6.92 Å². The van der Waals surface area contributed by atoms with Crippen molar-refractivity contribution in [1.82, 2.24) is 0 Å². The lowest BCUT2D eigenvalue weighted by Crippen LogP contribution is -2.13. The van der Waals surface area contributed by atoms with Crippen LogP contribution in [0.15, 0.2) is 25.3 Å². The Hall–Kier alpha value is -0.620. The molecule has 3 heteroatoms. The Morgan fingerprint density at radius 3 is 2.21 bits per heavy atom. The average Bonchev–Trinajstić information content (AvgIpc) is 2.19. The van der Waals surface area contributed by atoms with E-state index in [4.69, 9.17) is 4.74 Å². The van der Waals surface area contributed by atoms with Gasteiger partial charge in [0.2, 0.25) is 0 Å². The third-order valence-corrected chi connectivity index (χ3v) is 2.79. The molecule has 0 saturated heterocycles. The molecule has 82 valence electrons. The zero-order valence-corrected chi connectivity index (χ0v) is 10.4. The molecule has 2 atom stereocenters. The molecule has 0 amide bonds. The molecule has 0 radical (unpaired) electrons. The van der Waals surface area contributed by atoms with Crippen LogP contribution < -0.4 is 0 Å². The maximum absolute atomic E-state index is 11.1. The van der Waals surface area contributed by atoms with Gasteiger partial charge in [-0.3, -0.25) is 0 Å². The normalized spacial score (nSPS) is 11.6. The van der Waals surface area contributed by atoms with Crippen LogP contribution >= 0.6 is 8.58 Å². The van der Waals surface area contributed by atoms with E-state index in [2.05, 4.69) is 26.7 Å². The zero-order chi connectivity index (χ0) is 11.6. The highest BCUT2D eigenvalue weighted by Gasteiger charge is 2.11. The Bertz CT molecular complexity index is 178. The van der Waals surface area contributed by atoms with Crippen LogP contribution in [-0.4, -0.2) is 18.0 Å². The Morgan fingerprint density at radius 1 is 1.43 bits per heavy atom. The highest BCUT2D eigenvalue weighted by atomic mass is 31.1. The minimum absolute atomic E-state index is 0.0965. The first-order valence-electron chi connectivity index (χ1n) is 4.71. The van der Waals surface area contributed by atoms with Crippen molar-refractivity contribution in [2.24, 2.45) is 0 Å². The Kier molecular flexibility index (Phi) is 11.8. The van der Waals surface area contributed by atoms with E-state index in [0.29, 0.717) is 14.2 Å². The molecule has 0 rings (SSSR count). The summed E-state index contributed by atoms with van der Waals surface area (Å²) in [4.78, 5) is 11.1. The van der Waals surface area contributed by atoms with Gasteiger partial charge < -0.3 is 4.74 Å². The molecule has 0 aliphatic heterocycles. The third kappa shape index (κ3) is 8.00. The predicted octanol–water partition coefficient (Wildman–Crippen LogP) is 3.34. The maximum Gasteiger partial charge on any atom is 0.333 e. The summed E-state index contributed by atoms with van der Waals surface area (Å²) in [6, 6.07) is 0. The van der Waals surface area contributed by atoms with E-state index in [0.717, 1.165) is 12.6 Å². The maximum atomic E-state index is 11.1. The summed E-state index contributed by atoms with van der Waals surface area (Å²) in [6.45, 7) is 15.3. The first-order valence-corrected chi connectivity index (χ1v) is 6.00. The van der Waals surface area contributed by atoms with Gasteiger partial charge in [0.25, 0.3) is 0 Å². The van der Waals surface area contributed by atoms with Crippen molar-refractivity contribution < 1.29 is 9.53 Å². The van der Waals surface area contributed by atoms with Crippen LogP contribution in [0.5, 0.6) is 0 Å². The molecular formula is C11H21O2P. The van der Waals surface area contributed by atoms with Gasteiger partial charge in [0.15, 0.2) is 0 Å². The Morgan fingerprint density at radius 2 is 1.93 bits per heavy atom. The lowest BCUT2D eigenvalue weighted by atomic mass is 10.4. The smallest absolute Gasteiger partial charge is 0.333 e. The number of ether oxygens (including phenoxy) is 1. The zero-order valence-electron chi connectivity index (χ0n) is 9.43. The van der Waals surface area contributed by atoms with Gasteiger partial charge in [-0.25, -0.2) is 4.79 Å². The summed E-state index contributed by atoms with van der Waals surface area (Å²) in [5, 5.41) is 0. The molecule has 0 aliphatic carbocycles. The largest absolute Gasteiger partial charge is 0.455 e. The van der Waals surface area contributed by atoms with Crippen LogP contribution in [0.2, 0.25) is 0 Å². The molecule has 0 spiro atoms. The summed E-state index contributed by atoms with van der Waals surface area (Å²) in [5.74, 6) is -0.165. The monoisotopic (exact) mass is 216 g/mol. The summed E-state index contributed by atoms with van der Waals surface area (Å²) in [7, 11) is 0.707. The van der Waals surface area contributed by atoms with E-state index in [1.807, 2.05) is 6.92 Å². The number of hydrogen-bond donors (Lipinski definition) is 0. The van der Waals surface area contributed by atoms with Crippen molar-refractivity contribution in [3.05, 3.63) is 25.3 Å². The molecular weight excluding hydrogens is 195 g/mol. The van der Waals surface area contributed by atoms with Gasteiger partial charge in [0, 0.05) is 5.57 Å². The molecule has 0 bridgehead atoms. The van der Waals surface area contributed by atoms with Gasteiger partial charge in [-0.1, -0.05) is 29.0 Å². The standard InChI is InChI=1S/C9H17O2P.C2H4/c1-5-8(12-6-2)11-9(10)7(3)4;1-2/h8,12H,3,5-6H2,1-2,4H3;1-2H2. The van der Waals surface area contributed by atoms with Crippen molar-refractivity contribution >= 4 is 14.6 Å². The van der Waals surface area contributed by atoms with Gasteiger partial charge in [0.05, 0.1) is 0 Å². The van der Waals surface area contributed by atoms with Crippen molar-refractivity contribution in [3.63, 3.8) is 0 Å². The van der Waals surface area contributed by atoms with Gasteiger partial charge in [-0.15, -0.1) is 13.2 Å². The number of carbonyl (C=O) groups is 1. The molecule has 0 saturated carbocycles. The van der Waals surface area contributed by atoms with Crippen LogP contribution in [0.3, 0.4) is 0 Å². The minimum atomic E-state index is -0.261. The molecule has 2 unspecified atom stereocenters. The van der Waals surface area contributed by atoms with Crippen molar-refractivity contribution in [2.75, 3.05) is 6.16 Å². The SMILES string of the molecule is C=C.C=C(C)C(=O)OC(CC)PCC. The van der Waals surface area contributed by atoms with E-state index in [-0.39, 0.29) is 11.8 Å². The minimum Gasteiger partial charge on any atom is -0.455 e. The molecule has 0 aliphatic rings. The van der Waals surface area contributed by atoms with Crippen LogP contribution in [0.1, 0.15) is 27.2 Å². The average molecular weight is 216 g/mol. The quantitative estimate of drug-likeness (QED) is 0.305. The second-order valence-electron chi connectivity index (χ2n) is 2.64. The molecule has 0 aromatic carbocycles. The summed E-state index contributed by atoms with van der Waals surface area (Å²) < 4.78 is 5.18. The lowest BCUT2D eigenvalue weighted by molar-refractivity contribution is -0.140. The van der Waals surface area contributed by atoms with E-state index in [9.17, 15) is 4.79 Å². The summed E-state index contributed by atoms with van der Waals surface area (Å²) in [6.07, 6.45) is 1.97. The second kappa shape index (κ2) is 10.5.